The summed E-state index contributed by atoms with van der Waals surface area (Å²) in [6, 6.07) is 17.6. The van der Waals surface area contributed by atoms with Crippen molar-refractivity contribution in [2.45, 2.75) is 20.5 Å². The van der Waals surface area contributed by atoms with Crippen LogP contribution in [0.2, 0.25) is 0 Å². The third-order valence-electron chi connectivity index (χ3n) is 4.83. The first-order chi connectivity index (χ1) is 16.2. The Labute approximate surface area is 224 Å². The predicted octanol–water partition coefficient (Wildman–Crippen LogP) is 6.55. The standard InChI is InChI=1S/C25H19I2N3O4/c1-15-6-7-23(16(2)8-15)29-25(31)19(13-28)9-18-11-21(26)24(22(27)12-18)34-14-17-4-3-5-20(10-17)30(32)33/h3-12H,14H2,1-2H3,(H,29,31)/b19-9+. The molecule has 1 N–H and O–H groups in total. The van der Waals surface area contributed by atoms with Crippen LogP contribution in [-0.2, 0) is 11.4 Å². The molecule has 34 heavy (non-hydrogen) atoms. The molecule has 7 nitrogen and oxygen atoms in total. The summed E-state index contributed by atoms with van der Waals surface area (Å²) in [5.74, 6) is 0.147. The SMILES string of the molecule is Cc1ccc(NC(=O)/C(C#N)=C/c2cc(I)c(OCc3cccc([N+](=O)[O-])c3)c(I)c2)c(C)c1. The zero-order valence-electron chi connectivity index (χ0n) is 18.3. The minimum atomic E-state index is -0.481. The zero-order chi connectivity index (χ0) is 24.8. The van der Waals surface area contributed by atoms with Crippen LogP contribution >= 0.6 is 45.2 Å². The highest BCUT2D eigenvalue weighted by atomic mass is 127. The van der Waals surface area contributed by atoms with Crippen LogP contribution in [0.25, 0.3) is 6.08 Å². The lowest BCUT2D eigenvalue weighted by atomic mass is 10.1. The summed E-state index contributed by atoms with van der Waals surface area (Å²) in [6.45, 7) is 4.04. The quantitative estimate of drug-likeness (QED) is 0.100. The van der Waals surface area contributed by atoms with Gasteiger partial charge in [-0.25, -0.2) is 0 Å². The van der Waals surface area contributed by atoms with Crippen molar-refractivity contribution >= 4 is 68.5 Å². The van der Waals surface area contributed by atoms with Gasteiger partial charge in [0.15, 0.2) is 0 Å². The molecule has 0 heterocycles. The van der Waals surface area contributed by atoms with E-state index >= 15 is 0 Å². The average molecular weight is 679 g/mol. The first kappa shape index (κ1) is 25.6. The highest BCUT2D eigenvalue weighted by Gasteiger charge is 2.14. The van der Waals surface area contributed by atoms with Crippen molar-refractivity contribution in [2.75, 3.05) is 5.32 Å². The number of nitrogens with one attached hydrogen (secondary N) is 1. The van der Waals surface area contributed by atoms with Crippen LogP contribution in [0.1, 0.15) is 22.3 Å². The number of rotatable bonds is 7. The van der Waals surface area contributed by atoms with Gasteiger partial charge < -0.3 is 10.1 Å². The highest BCUT2D eigenvalue weighted by Crippen LogP contribution is 2.31. The molecule has 0 saturated carbocycles. The molecule has 172 valence electrons. The Morgan fingerprint density at radius 2 is 1.85 bits per heavy atom. The van der Waals surface area contributed by atoms with Crippen molar-refractivity contribution in [1.29, 1.82) is 5.26 Å². The van der Waals surface area contributed by atoms with Gasteiger partial charge in [0.05, 0.1) is 12.1 Å². The number of benzene rings is 3. The van der Waals surface area contributed by atoms with Gasteiger partial charge in [-0.15, -0.1) is 0 Å². The smallest absolute Gasteiger partial charge is 0.269 e. The molecule has 0 fully saturated rings. The van der Waals surface area contributed by atoms with Gasteiger partial charge in [0.1, 0.15) is 24.0 Å². The van der Waals surface area contributed by atoms with E-state index in [4.69, 9.17) is 4.74 Å². The molecule has 0 aliphatic carbocycles. The number of carbonyl (C=O) groups excluding carboxylic acids is 1. The fraction of sp³-hybridized carbons (Fsp3) is 0.120. The number of hydrogen-bond acceptors (Lipinski definition) is 5. The fourth-order valence-electron chi connectivity index (χ4n) is 3.17. The van der Waals surface area contributed by atoms with Gasteiger partial charge in [-0.05, 0) is 100.0 Å². The maximum atomic E-state index is 12.7. The molecule has 0 aliphatic heterocycles. The molecule has 0 atom stereocenters. The molecule has 3 rings (SSSR count). The average Bonchev–Trinajstić information content (AvgIpc) is 2.78. The Hall–Kier alpha value is -2.98. The summed E-state index contributed by atoms with van der Waals surface area (Å²) >= 11 is 4.25. The molecule has 3 aromatic carbocycles. The second-order valence-electron chi connectivity index (χ2n) is 7.47. The lowest BCUT2D eigenvalue weighted by molar-refractivity contribution is -0.384. The van der Waals surface area contributed by atoms with E-state index < -0.39 is 10.8 Å². The van der Waals surface area contributed by atoms with Crippen LogP contribution in [0.5, 0.6) is 5.75 Å². The minimum absolute atomic E-state index is 0.00844. The number of ether oxygens (including phenoxy) is 1. The maximum Gasteiger partial charge on any atom is 0.269 e. The Kier molecular flexibility index (Phi) is 8.62. The maximum absolute atomic E-state index is 12.7. The van der Waals surface area contributed by atoms with Crippen molar-refractivity contribution in [3.63, 3.8) is 0 Å². The van der Waals surface area contributed by atoms with Crippen molar-refractivity contribution in [1.82, 2.24) is 0 Å². The van der Waals surface area contributed by atoms with E-state index in [9.17, 15) is 20.2 Å². The molecular weight excluding hydrogens is 660 g/mol. The second kappa shape index (κ2) is 11.4. The molecule has 0 aromatic heterocycles. The van der Waals surface area contributed by atoms with E-state index in [0.29, 0.717) is 22.6 Å². The topological polar surface area (TPSA) is 105 Å². The zero-order valence-corrected chi connectivity index (χ0v) is 22.6. The van der Waals surface area contributed by atoms with Crippen LogP contribution in [0.3, 0.4) is 0 Å². The number of halogens is 2. The van der Waals surface area contributed by atoms with Crippen molar-refractivity contribution < 1.29 is 14.5 Å². The number of anilines is 1. The molecule has 9 heteroatoms. The number of nitro benzene ring substituents is 1. The van der Waals surface area contributed by atoms with Crippen LogP contribution in [0, 0.1) is 42.4 Å². The second-order valence-corrected chi connectivity index (χ2v) is 9.80. The highest BCUT2D eigenvalue weighted by molar-refractivity contribution is 14.1. The number of non-ortho nitro benzene ring substituents is 1. The molecule has 1 amide bonds. The van der Waals surface area contributed by atoms with E-state index in [1.165, 1.54) is 18.2 Å². The molecule has 0 spiro atoms. The molecule has 0 unspecified atom stereocenters. The van der Waals surface area contributed by atoms with Gasteiger partial charge in [-0.3, -0.25) is 14.9 Å². The largest absolute Gasteiger partial charge is 0.487 e. The molecule has 3 aromatic rings. The van der Waals surface area contributed by atoms with Crippen LogP contribution in [0.4, 0.5) is 11.4 Å². The first-order valence-electron chi connectivity index (χ1n) is 10.0. The Bertz CT molecular complexity index is 1320. The van der Waals surface area contributed by atoms with E-state index in [0.717, 1.165) is 18.3 Å². The monoisotopic (exact) mass is 679 g/mol. The fourth-order valence-corrected chi connectivity index (χ4v) is 5.30. The molecule has 0 bridgehead atoms. The van der Waals surface area contributed by atoms with Crippen LogP contribution < -0.4 is 10.1 Å². The number of nitriles is 1. The molecule has 0 saturated heterocycles. The Morgan fingerprint density at radius 1 is 1.15 bits per heavy atom. The predicted molar refractivity (Wildman–Crippen MR) is 147 cm³/mol. The van der Waals surface area contributed by atoms with E-state index in [-0.39, 0.29) is 17.9 Å². The van der Waals surface area contributed by atoms with Crippen LogP contribution in [-0.4, -0.2) is 10.8 Å². The lowest BCUT2D eigenvalue weighted by Gasteiger charge is -2.12. The van der Waals surface area contributed by atoms with Crippen LogP contribution in [0.15, 0.2) is 60.2 Å². The van der Waals surface area contributed by atoms with E-state index in [1.807, 2.05) is 50.2 Å². The van der Waals surface area contributed by atoms with E-state index in [2.05, 4.69) is 50.5 Å². The van der Waals surface area contributed by atoms with Gasteiger partial charge in [0.25, 0.3) is 11.6 Å². The Balaban J connectivity index is 1.78. The summed E-state index contributed by atoms with van der Waals surface area (Å²) in [6.07, 6.45) is 1.54. The lowest BCUT2D eigenvalue weighted by Crippen LogP contribution is -2.14. The number of amides is 1. The first-order valence-corrected chi connectivity index (χ1v) is 12.2. The van der Waals surface area contributed by atoms with Gasteiger partial charge >= 0.3 is 0 Å². The molecule has 0 radical (unpaired) electrons. The van der Waals surface area contributed by atoms with Gasteiger partial charge in [0.2, 0.25) is 0 Å². The molecule has 0 aliphatic rings. The molecular formula is C25H19I2N3O4. The third-order valence-corrected chi connectivity index (χ3v) is 6.43. The van der Waals surface area contributed by atoms with Crippen molar-refractivity contribution in [2.24, 2.45) is 0 Å². The number of nitro groups is 1. The minimum Gasteiger partial charge on any atom is -0.487 e. The van der Waals surface area contributed by atoms with Crippen molar-refractivity contribution in [3.05, 3.63) is 99.7 Å². The summed E-state index contributed by atoms with van der Waals surface area (Å²) in [4.78, 5) is 23.2. The summed E-state index contributed by atoms with van der Waals surface area (Å²) < 4.78 is 7.49. The Morgan fingerprint density at radius 3 is 2.47 bits per heavy atom. The number of aryl methyl sites for hydroxylation is 2. The van der Waals surface area contributed by atoms with Gasteiger partial charge in [-0.2, -0.15) is 5.26 Å². The third kappa shape index (κ3) is 6.54. The number of nitrogens with zero attached hydrogens (tertiary/aromatic N) is 2. The van der Waals surface area contributed by atoms with Gasteiger partial charge in [-0.1, -0.05) is 29.8 Å². The van der Waals surface area contributed by atoms with Gasteiger partial charge in [0, 0.05) is 17.8 Å². The number of carbonyl (C=O) groups is 1. The normalized spacial score (nSPS) is 11.0. The summed E-state index contributed by atoms with van der Waals surface area (Å²) in [5.41, 5.74) is 4.02. The summed E-state index contributed by atoms with van der Waals surface area (Å²) in [7, 11) is 0. The van der Waals surface area contributed by atoms with Crippen molar-refractivity contribution in [3.8, 4) is 11.8 Å². The van der Waals surface area contributed by atoms with E-state index in [1.54, 1.807) is 12.1 Å². The summed E-state index contributed by atoms with van der Waals surface area (Å²) in [5, 5.41) is 23.3. The number of hydrogen-bond donors (Lipinski definition) is 1.